The topological polar surface area (TPSA) is 52.0 Å². The van der Waals surface area contributed by atoms with Gasteiger partial charge in [-0.3, -0.25) is 0 Å². The molecule has 1 N–H and O–H groups in total. The summed E-state index contributed by atoms with van der Waals surface area (Å²) < 4.78 is 0. The van der Waals surface area contributed by atoms with Crippen molar-refractivity contribution in [3.05, 3.63) is 46.4 Å². The Labute approximate surface area is 133 Å². The lowest BCUT2D eigenvalue weighted by atomic mass is 10.2. The molecule has 0 fully saturated rings. The van der Waals surface area contributed by atoms with Gasteiger partial charge < -0.3 is 10.2 Å². The molecule has 0 aliphatic carbocycles. The van der Waals surface area contributed by atoms with Crippen molar-refractivity contribution < 1.29 is 0 Å². The van der Waals surface area contributed by atoms with Gasteiger partial charge in [-0.2, -0.15) is 5.26 Å². The van der Waals surface area contributed by atoms with Crippen LogP contribution in [0.5, 0.6) is 0 Å². The highest BCUT2D eigenvalue weighted by atomic mass is 35.5. The van der Waals surface area contributed by atoms with Gasteiger partial charge in [0.15, 0.2) is 5.82 Å². The first kappa shape index (κ1) is 15.4. The van der Waals surface area contributed by atoms with E-state index in [1.165, 1.54) is 0 Å². The fourth-order valence-corrected chi connectivity index (χ4v) is 2.50. The van der Waals surface area contributed by atoms with Gasteiger partial charge in [0, 0.05) is 19.3 Å². The number of rotatable bonds is 5. The summed E-state index contributed by atoms with van der Waals surface area (Å²) in [5, 5.41) is 12.7. The fourth-order valence-electron chi connectivity index (χ4n) is 1.95. The zero-order valence-corrected chi connectivity index (χ0v) is 13.0. The SMILES string of the molecule is CNc1nc(N(CCC#N)c2ccccc2)c(Cl)cc1Cl. The molecule has 0 spiro atoms. The standard InChI is InChI=1S/C15H14Cl2N4/c1-19-14-12(16)10-13(17)15(20-14)21(9-5-8-18)11-6-3-2-4-7-11/h2-4,6-7,10H,5,9H2,1H3,(H,19,20). The van der Waals surface area contributed by atoms with Crippen LogP contribution >= 0.6 is 23.2 Å². The van der Waals surface area contributed by atoms with E-state index in [2.05, 4.69) is 16.4 Å². The van der Waals surface area contributed by atoms with E-state index in [-0.39, 0.29) is 0 Å². The highest BCUT2D eigenvalue weighted by molar-refractivity contribution is 6.37. The molecule has 0 aliphatic rings. The second-order valence-electron chi connectivity index (χ2n) is 4.27. The lowest BCUT2D eigenvalue weighted by molar-refractivity contribution is 0.927. The highest BCUT2D eigenvalue weighted by Crippen LogP contribution is 2.34. The molecule has 0 saturated carbocycles. The Morgan fingerprint density at radius 2 is 1.95 bits per heavy atom. The zero-order valence-electron chi connectivity index (χ0n) is 11.5. The minimum Gasteiger partial charge on any atom is -0.372 e. The van der Waals surface area contributed by atoms with Crippen LogP contribution in [0.15, 0.2) is 36.4 Å². The van der Waals surface area contributed by atoms with Gasteiger partial charge >= 0.3 is 0 Å². The minimum atomic E-state index is 0.365. The summed E-state index contributed by atoms with van der Waals surface area (Å²) in [6.45, 7) is 0.498. The molecule has 6 heteroatoms. The maximum absolute atomic E-state index is 8.86. The number of benzene rings is 1. The van der Waals surface area contributed by atoms with Crippen molar-refractivity contribution >= 4 is 40.5 Å². The predicted octanol–water partition coefficient (Wildman–Crippen LogP) is 4.48. The van der Waals surface area contributed by atoms with Crippen LogP contribution in [-0.4, -0.2) is 18.6 Å². The van der Waals surface area contributed by atoms with Crippen LogP contribution in [0.3, 0.4) is 0 Å². The molecule has 1 aromatic carbocycles. The van der Waals surface area contributed by atoms with Gasteiger partial charge in [0.1, 0.15) is 5.82 Å². The molecule has 0 bridgehead atoms. The monoisotopic (exact) mass is 320 g/mol. The number of hydrogen-bond acceptors (Lipinski definition) is 4. The first-order valence-electron chi connectivity index (χ1n) is 6.40. The lowest BCUT2D eigenvalue weighted by Gasteiger charge is -2.24. The first-order chi connectivity index (χ1) is 10.2. The van der Waals surface area contributed by atoms with Gasteiger partial charge in [-0.15, -0.1) is 0 Å². The van der Waals surface area contributed by atoms with Gasteiger partial charge in [-0.25, -0.2) is 4.98 Å². The van der Waals surface area contributed by atoms with Crippen molar-refractivity contribution in [2.24, 2.45) is 0 Å². The van der Waals surface area contributed by atoms with Crippen molar-refractivity contribution in [1.29, 1.82) is 5.26 Å². The second-order valence-corrected chi connectivity index (χ2v) is 5.08. The maximum Gasteiger partial charge on any atom is 0.154 e. The van der Waals surface area contributed by atoms with E-state index in [0.29, 0.717) is 34.6 Å². The molecule has 0 radical (unpaired) electrons. The van der Waals surface area contributed by atoms with Gasteiger partial charge in [0.25, 0.3) is 0 Å². The van der Waals surface area contributed by atoms with E-state index < -0.39 is 0 Å². The molecule has 0 aliphatic heterocycles. The van der Waals surface area contributed by atoms with Crippen molar-refractivity contribution in [3.63, 3.8) is 0 Å². The molecule has 0 saturated heterocycles. The Kier molecular flexibility index (Phi) is 5.26. The van der Waals surface area contributed by atoms with Crippen molar-refractivity contribution in [2.45, 2.75) is 6.42 Å². The molecule has 21 heavy (non-hydrogen) atoms. The largest absolute Gasteiger partial charge is 0.372 e. The van der Waals surface area contributed by atoms with E-state index in [1.54, 1.807) is 13.1 Å². The normalized spacial score (nSPS) is 10.0. The van der Waals surface area contributed by atoms with E-state index in [9.17, 15) is 0 Å². The smallest absolute Gasteiger partial charge is 0.154 e. The maximum atomic E-state index is 8.86. The van der Waals surface area contributed by atoms with Gasteiger partial charge in [0.2, 0.25) is 0 Å². The molecule has 108 valence electrons. The molecule has 0 atom stereocenters. The molecule has 2 aromatic rings. The van der Waals surface area contributed by atoms with E-state index in [0.717, 1.165) is 5.69 Å². The van der Waals surface area contributed by atoms with Gasteiger partial charge in [0.05, 0.1) is 22.5 Å². The summed E-state index contributed by atoms with van der Waals surface area (Å²) in [7, 11) is 1.74. The van der Waals surface area contributed by atoms with Crippen molar-refractivity contribution in [3.8, 4) is 6.07 Å². The number of aromatic nitrogens is 1. The number of para-hydroxylation sites is 1. The van der Waals surface area contributed by atoms with E-state index in [1.807, 2.05) is 35.2 Å². The Bertz CT molecular complexity index is 653. The number of nitrogens with one attached hydrogen (secondary N) is 1. The summed E-state index contributed by atoms with van der Waals surface area (Å²) >= 11 is 12.4. The van der Waals surface area contributed by atoms with Crippen LogP contribution in [-0.2, 0) is 0 Å². The van der Waals surface area contributed by atoms with Crippen LogP contribution in [0.25, 0.3) is 0 Å². The quantitative estimate of drug-likeness (QED) is 0.882. The summed E-state index contributed by atoms with van der Waals surface area (Å²) in [5.74, 6) is 1.13. The van der Waals surface area contributed by atoms with Crippen LogP contribution < -0.4 is 10.2 Å². The molecule has 4 nitrogen and oxygen atoms in total. The predicted molar refractivity (Wildman–Crippen MR) is 87.5 cm³/mol. The van der Waals surface area contributed by atoms with E-state index in [4.69, 9.17) is 28.5 Å². The van der Waals surface area contributed by atoms with Crippen LogP contribution in [0, 0.1) is 11.3 Å². The Balaban J connectivity index is 2.49. The molecular formula is C15H14Cl2N4. The van der Waals surface area contributed by atoms with Gasteiger partial charge in [-0.1, -0.05) is 41.4 Å². The molecule has 1 heterocycles. The number of halogens is 2. The number of pyridine rings is 1. The summed E-state index contributed by atoms with van der Waals surface area (Å²) in [4.78, 5) is 6.37. The number of hydrogen-bond donors (Lipinski definition) is 1. The fraction of sp³-hybridized carbons (Fsp3) is 0.200. The second kappa shape index (κ2) is 7.16. The van der Waals surface area contributed by atoms with Gasteiger partial charge in [-0.05, 0) is 18.2 Å². The molecule has 0 unspecified atom stereocenters. The summed E-state index contributed by atoms with van der Waals surface area (Å²) in [6, 6.07) is 13.5. The molecular weight excluding hydrogens is 307 g/mol. The summed E-state index contributed by atoms with van der Waals surface area (Å²) in [6.07, 6.45) is 0.365. The van der Waals surface area contributed by atoms with Crippen molar-refractivity contribution in [2.75, 3.05) is 23.8 Å². The molecule has 2 rings (SSSR count). The Morgan fingerprint density at radius 3 is 2.57 bits per heavy atom. The average molecular weight is 321 g/mol. The average Bonchev–Trinajstić information content (AvgIpc) is 2.50. The van der Waals surface area contributed by atoms with Crippen LogP contribution in [0.1, 0.15) is 6.42 Å². The third-order valence-corrected chi connectivity index (χ3v) is 3.48. The minimum absolute atomic E-state index is 0.365. The Morgan fingerprint density at radius 1 is 1.24 bits per heavy atom. The van der Waals surface area contributed by atoms with Crippen molar-refractivity contribution in [1.82, 2.24) is 4.98 Å². The Hall–Kier alpha value is -1.96. The van der Waals surface area contributed by atoms with Crippen LogP contribution in [0.2, 0.25) is 10.0 Å². The van der Waals surface area contributed by atoms with E-state index >= 15 is 0 Å². The molecule has 0 amide bonds. The number of anilines is 3. The third kappa shape index (κ3) is 3.57. The number of nitrogens with zero attached hydrogens (tertiary/aromatic N) is 3. The first-order valence-corrected chi connectivity index (χ1v) is 7.16. The number of nitriles is 1. The third-order valence-electron chi connectivity index (χ3n) is 2.92. The lowest BCUT2D eigenvalue weighted by Crippen LogP contribution is -2.20. The van der Waals surface area contributed by atoms with Crippen LogP contribution in [0.4, 0.5) is 17.3 Å². The molecule has 1 aromatic heterocycles. The zero-order chi connectivity index (χ0) is 15.2. The summed E-state index contributed by atoms with van der Waals surface area (Å²) in [5.41, 5.74) is 0.923. The highest BCUT2D eigenvalue weighted by Gasteiger charge is 2.16.